The number of carbonyl (C=O) groups excluding carboxylic acids is 1. The molecule has 3 heterocycles. The van der Waals surface area contributed by atoms with Crippen LogP contribution in [0.1, 0.15) is 23.2 Å². The molecule has 3 nitrogen and oxygen atoms in total. The summed E-state index contributed by atoms with van der Waals surface area (Å²) >= 11 is 6.05. The van der Waals surface area contributed by atoms with E-state index in [9.17, 15) is 4.79 Å². The summed E-state index contributed by atoms with van der Waals surface area (Å²) in [4.78, 5) is 16.9. The van der Waals surface area contributed by atoms with E-state index in [1.54, 1.807) is 4.90 Å². The van der Waals surface area contributed by atoms with Crippen molar-refractivity contribution < 1.29 is 9.69 Å². The van der Waals surface area contributed by atoms with Crippen LogP contribution in [0.2, 0.25) is 5.02 Å². The van der Waals surface area contributed by atoms with Gasteiger partial charge in [0.05, 0.1) is 25.7 Å². The Balaban J connectivity index is 1.72. The van der Waals surface area contributed by atoms with Gasteiger partial charge in [-0.05, 0) is 42.3 Å². The maximum atomic E-state index is 13.3. The van der Waals surface area contributed by atoms with Gasteiger partial charge in [-0.1, -0.05) is 29.8 Å². The summed E-state index contributed by atoms with van der Waals surface area (Å²) in [6.07, 6.45) is 2.43. The van der Waals surface area contributed by atoms with Gasteiger partial charge in [-0.15, -0.1) is 0 Å². The van der Waals surface area contributed by atoms with Gasteiger partial charge in [0.2, 0.25) is 0 Å². The molecule has 1 amide bonds. The lowest BCUT2D eigenvalue weighted by Crippen LogP contribution is -3.17. The Morgan fingerprint density at radius 3 is 2.25 bits per heavy atom. The monoisotopic (exact) mass is 341 g/mol. The molecule has 2 aromatic carbocycles. The molecule has 24 heavy (non-hydrogen) atoms. The van der Waals surface area contributed by atoms with Crippen LogP contribution in [0, 0.1) is 5.92 Å². The SMILES string of the molecule is O=C(c1ccccc1)N(c1ccc(Cl)cc1)C1C[NH+]2CCC1CC2. The Bertz CT molecular complexity index is 708. The number of piperidine rings is 3. The van der Waals surface area contributed by atoms with Crippen molar-refractivity contribution in [2.24, 2.45) is 5.92 Å². The molecule has 3 fully saturated rings. The van der Waals surface area contributed by atoms with Gasteiger partial charge < -0.3 is 4.90 Å². The first-order valence-corrected chi connectivity index (χ1v) is 9.08. The Morgan fingerprint density at radius 1 is 1.00 bits per heavy atom. The zero-order chi connectivity index (χ0) is 16.5. The standard InChI is InChI=1S/C20H21ClN2O/c21-17-6-8-18(9-7-17)23(20(24)16-4-2-1-3-5-16)19-14-22-12-10-15(19)11-13-22/h1-9,15,19H,10-14H2/p+1. The lowest BCUT2D eigenvalue weighted by Gasteiger charge is -2.46. The topological polar surface area (TPSA) is 24.8 Å². The van der Waals surface area contributed by atoms with Crippen LogP contribution >= 0.6 is 11.6 Å². The van der Waals surface area contributed by atoms with Crippen LogP contribution in [0.5, 0.6) is 0 Å². The zero-order valence-electron chi connectivity index (χ0n) is 13.6. The first-order chi connectivity index (χ1) is 11.7. The lowest BCUT2D eigenvalue weighted by atomic mass is 9.82. The van der Waals surface area contributed by atoms with Gasteiger partial charge in [0.1, 0.15) is 0 Å². The van der Waals surface area contributed by atoms with Gasteiger partial charge in [0.15, 0.2) is 0 Å². The van der Waals surface area contributed by atoms with Crippen molar-refractivity contribution in [3.8, 4) is 0 Å². The van der Waals surface area contributed by atoms with Crippen molar-refractivity contribution in [1.82, 2.24) is 0 Å². The van der Waals surface area contributed by atoms with Gasteiger partial charge in [-0.3, -0.25) is 9.69 Å². The predicted molar refractivity (Wildman–Crippen MR) is 96.8 cm³/mol. The van der Waals surface area contributed by atoms with E-state index in [0.717, 1.165) is 17.8 Å². The molecule has 1 atom stereocenters. The highest BCUT2D eigenvalue weighted by Crippen LogP contribution is 2.30. The molecule has 3 aliphatic rings. The van der Waals surface area contributed by atoms with Crippen LogP contribution in [0.4, 0.5) is 5.69 Å². The maximum Gasteiger partial charge on any atom is 0.258 e. The molecule has 0 radical (unpaired) electrons. The third-order valence-corrected chi connectivity index (χ3v) is 5.71. The van der Waals surface area contributed by atoms with Crippen molar-refractivity contribution in [1.29, 1.82) is 0 Å². The number of rotatable bonds is 3. The van der Waals surface area contributed by atoms with E-state index in [2.05, 4.69) is 0 Å². The molecule has 5 rings (SSSR count). The Morgan fingerprint density at radius 2 is 1.67 bits per heavy atom. The summed E-state index contributed by atoms with van der Waals surface area (Å²) in [5.41, 5.74) is 1.70. The van der Waals surface area contributed by atoms with Gasteiger partial charge >= 0.3 is 0 Å². The minimum absolute atomic E-state index is 0.0936. The number of fused-ring (bicyclic) bond motifs is 3. The van der Waals surface area contributed by atoms with Crippen LogP contribution in [-0.4, -0.2) is 31.6 Å². The number of hydrogen-bond acceptors (Lipinski definition) is 1. The largest absolute Gasteiger partial charge is 0.333 e. The molecule has 1 N–H and O–H groups in total. The van der Waals surface area contributed by atoms with Crippen molar-refractivity contribution in [3.63, 3.8) is 0 Å². The van der Waals surface area contributed by atoms with Crippen molar-refractivity contribution >= 4 is 23.2 Å². The van der Waals surface area contributed by atoms with Gasteiger partial charge in [-0.2, -0.15) is 0 Å². The summed E-state index contributed by atoms with van der Waals surface area (Å²) < 4.78 is 0. The van der Waals surface area contributed by atoms with E-state index in [1.165, 1.54) is 25.9 Å². The van der Waals surface area contributed by atoms with E-state index in [0.29, 0.717) is 10.9 Å². The average Bonchev–Trinajstić information content (AvgIpc) is 2.65. The Hall–Kier alpha value is -1.84. The Kier molecular flexibility index (Phi) is 4.30. The number of anilines is 1. The van der Waals surface area contributed by atoms with Crippen molar-refractivity contribution in [2.75, 3.05) is 24.5 Å². The fourth-order valence-corrected chi connectivity index (χ4v) is 4.31. The summed E-state index contributed by atoms with van der Waals surface area (Å²) in [5.74, 6) is 0.696. The molecule has 0 aliphatic carbocycles. The fourth-order valence-electron chi connectivity index (χ4n) is 4.18. The normalized spacial score (nSPS) is 25.5. The van der Waals surface area contributed by atoms with Gasteiger partial charge in [0.25, 0.3) is 5.91 Å². The van der Waals surface area contributed by atoms with Gasteiger partial charge in [0, 0.05) is 29.1 Å². The molecule has 124 valence electrons. The number of quaternary nitrogens is 1. The van der Waals surface area contributed by atoms with E-state index in [-0.39, 0.29) is 11.9 Å². The van der Waals surface area contributed by atoms with E-state index < -0.39 is 0 Å². The zero-order valence-corrected chi connectivity index (χ0v) is 14.4. The summed E-state index contributed by atoms with van der Waals surface area (Å²) in [7, 11) is 0. The lowest BCUT2D eigenvalue weighted by molar-refractivity contribution is -0.917. The minimum atomic E-state index is 0.0936. The summed E-state index contributed by atoms with van der Waals surface area (Å²) in [6.45, 7) is 3.54. The number of benzene rings is 2. The summed E-state index contributed by atoms with van der Waals surface area (Å²) in [6, 6.07) is 17.6. The molecule has 1 unspecified atom stereocenters. The molecular weight excluding hydrogens is 320 g/mol. The number of nitrogens with one attached hydrogen (secondary N) is 1. The second-order valence-electron chi connectivity index (χ2n) is 6.88. The van der Waals surface area contributed by atoms with Crippen LogP contribution in [0.15, 0.2) is 54.6 Å². The molecule has 3 saturated heterocycles. The van der Waals surface area contributed by atoms with Crippen LogP contribution in [0.25, 0.3) is 0 Å². The number of hydrogen-bond donors (Lipinski definition) is 1. The number of halogens is 1. The van der Waals surface area contributed by atoms with Gasteiger partial charge in [-0.25, -0.2) is 0 Å². The highest BCUT2D eigenvalue weighted by atomic mass is 35.5. The molecule has 3 aliphatic heterocycles. The fraction of sp³-hybridized carbons (Fsp3) is 0.350. The third-order valence-electron chi connectivity index (χ3n) is 5.46. The van der Waals surface area contributed by atoms with Crippen LogP contribution in [-0.2, 0) is 0 Å². The van der Waals surface area contributed by atoms with Crippen molar-refractivity contribution in [3.05, 3.63) is 65.2 Å². The van der Waals surface area contributed by atoms with Crippen LogP contribution in [0.3, 0.4) is 0 Å². The molecule has 4 heteroatoms. The predicted octanol–water partition coefficient (Wildman–Crippen LogP) is 2.66. The molecule has 0 saturated carbocycles. The average molecular weight is 342 g/mol. The van der Waals surface area contributed by atoms with Crippen molar-refractivity contribution in [2.45, 2.75) is 18.9 Å². The highest BCUT2D eigenvalue weighted by molar-refractivity contribution is 6.30. The molecular formula is C20H22ClN2O+. The molecule has 0 aromatic heterocycles. The maximum absolute atomic E-state index is 13.3. The quantitative estimate of drug-likeness (QED) is 0.912. The summed E-state index contributed by atoms with van der Waals surface area (Å²) in [5, 5.41) is 0.699. The number of amides is 1. The Labute approximate surface area is 147 Å². The molecule has 2 bridgehead atoms. The number of nitrogens with zero attached hydrogens (tertiary/aromatic N) is 1. The van der Waals surface area contributed by atoms with Crippen LogP contribution < -0.4 is 9.80 Å². The highest BCUT2D eigenvalue weighted by Gasteiger charge is 2.42. The number of carbonyl (C=O) groups is 1. The van der Waals surface area contributed by atoms with E-state index >= 15 is 0 Å². The first-order valence-electron chi connectivity index (χ1n) is 8.70. The molecule has 2 aromatic rings. The van der Waals surface area contributed by atoms with E-state index in [4.69, 9.17) is 11.6 Å². The second-order valence-corrected chi connectivity index (χ2v) is 7.31. The second kappa shape index (κ2) is 6.58. The minimum Gasteiger partial charge on any atom is -0.333 e. The van der Waals surface area contributed by atoms with E-state index in [1.807, 2.05) is 59.5 Å². The third kappa shape index (κ3) is 2.94. The molecule has 0 spiro atoms. The first kappa shape index (κ1) is 15.7. The smallest absolute Gasteiger partial charge is 0.258 e.